The van der Waals surface area contributed by atoms with Gasteiger partial charge in [0, 0.05) is 36.1 Å². The quantitative estimate of drug-likeness (QED) is 0.399. The molecular weight excluding hydrogens is 422 g/mol. The highest BCUT2D eigenvalue weighted by Gasteiger charge is 2.19. The number of hydrogen-bond acceptors (Lipinski definition) is 2. The van der Waals surface area contributed by atoms with Gasteiger partial charge in [-0.15, -0.1) is 0 Å². The highest BCUT2D eigenvalue weighted by molar-refractivity contribution is 6.07. The van der Waals surface area contributed by atoms with Gasteiger partial charge in [0.2, 0.25) is 0 Å². The van der Waals surface area contributed by atoms with Crippen LogP contribution in [0, 0.1) is 11.6 Å². The van der Waals surface area contributed by atoms with E-state index in [0.717, 1.165) is 36.2 Å². The zero-order valence-electron chi connectivity index (χ0n) is 17.7. The fourth-order valence-corrected chi connectivity index (χ4v) is 4.71. The number of rotatable bonds is 4. The van der Waals surface area contributed by atoms with Crippen molar-refractivity contribution < 1.29 is 13.6 Å². The van der Waals surface area contributed by atoms with E-state index in [1.54, 1.807) is 28.8 Å². The maximum atomic E-state index is 13.9. The minimum atomic E-state index is -0.379. The normalized spacial score (nSPS) is 13.0. The van der Waals surface area contributed by atoms with E-state index in [9.17, 15) is 13.6 Å². The number of aryl methyl sites for hydroxylation is 2. The number of imidazole rings is 1. The fourth-order valence-electron chi connectivity index (χ4n) is 4.71. The number of anilines is 1. The summed E-state index contributed by atoms with van der Waals surface area (Å²) in [5.41, 5.74) is 4.33. The first-order valence-electron chi connectivity index (χ1n) is 10.9. The Balaban J connectivity index is 1.37. The first kappa shape index (κ1) is 19.7. The van der Waals surface area contributed by atoms with E-state index in [0.29, 0.717) is 27.8 Å². The zero-order chi connectivity index (χ0) is 22.5. The van der Waals surface area contributed by atoms with Crippen molar-refractivity contribution in [2.45, 2.75) is 25.9 Å². The van der Waals surface area contributed by atoms with Crippen molar-refractivity contribution >= 4 is 33.5 Å². The Hall–Kier alpha value is -4.00. The van der Waals surface area contributed by atoms with Crippen LogP contribution in [0.3, 0.4) is 0 Å². The maximum Gasteiger partial charge on any atom is 0.272 e. The summed E-state index contributed by atoms with van der Waals surface area (Å²) in [6.07, 6.45) is 2.07. The molecule has 5 nitrogen and oxygen atoms in total. The van der Waals surface area contributed by atoms with Crippen molar-refractivity contribution in [3.8, 4) is 0 Å². The highest BCUT2D eigenvalue weighted by Crippen LogP contribution is 2.27. The van der Waals surface area contributed by atoms with Gasteiger partial charge < -0.3 is 14.5 Å². The van der Waals surface area contributed by atoms with Gasteiger partial charge in [-0.25, -0.2) is 13.8 Å². The Labute approximate surface area is 188 Å². The third kappa shape index (κ3) is 3.46. The maximum absolute atomic E-state index is 13.9. The van der Waals surface area contributed by atoms with Gasteiger partial charge in [-0.2, -0.15) is 0 Å². The molecular formula is C26H20F2N4O. The smallest absolute Gasteiger partial charge is 0.272 e. The van der Waals surface area contributed by atoms with E-state index in [1.165, 1.54) is 24.3 Å². The predicted octanol–water partition coefficient (Wildman–Crippen LogP) is 5.52. The fraction of sp³-hybridized carbons (Fsp3) is 0.154. The topological polar surface area (TPSA) is 51.9 Å². The molecule has 7 heteroatoms. The molecule has 0 atom stereocenters. The molecule has 1 aliphatic heterocycles. The van der Waals surface area contributed by atoms with Crippen molar-refractivity contribution in [3.63, 3.8) is 0 Å². The van der Waals surface area contributed by atoms with Gasteiger partial charge in [0.05, 0.1) is 11.0 Å². The Morgan fingerprint density at radius 1 is 0.970 bits per heavy atom. The molecule has 3 aromatic carbocycles. The number of nitrogens with one attached hydrogen (secondary N) is 1. The lowest BCUT2D eigenvalue weighted by Crippen LogP contribution is -2.17. The average Bonchev–Trinajstić information content (AvgIpc) is 3.46. The Morgan fingerprint density at radius 2 is 1.82 bits per heavy atom. The van der Waals surface area contributed by atoms with E-state index in [1.807, 2.05) is 18.2 Å². The van der Waals surface area contributed by atoms with Crippen LogP contribution in [0.25, 0.3) is 21.9 Å². The first-order valence-corrected chi connectivity index (χ1v) is 10.9. The summed E-state index contributed by atoms with van der Waals surface area (Å²) < 4.78 is 31.6. The molecule has 0 saturated carbocycles. The van der Waals surface area contributed by atoms with E-state index < -0.39 is 0 Å². The van der Waals surface area contributed by atoms with Crippen LogP contribution in [-0.4, -0.2) is 20.0 Å². The lowest BCUT2D eigenvalue weighted by Gasteiger charge is -2.12. The summed E-state index contributed by atoms with van der Waals surface area (Å²) in [6, 6.07) is 18.0. The summed E-state index contributed by atoms with van der Waals surface area (Å²) >= 11 is 0. The van der Waals surface area contributed by atoms with Gasteiger partial charge in [-0.05, 0) is 66.6 Å². The number of halogens is 2. The van der Waals surface area contributed by atoms with Crippen molar-refractivity contribution in [2.75, 3.05) is 5.32 Å². The molecule has 0 spiro atoms. The predicted molar refractivity (Wildman–Crippen MR) is 123 cm³/mol. The zero-order valence-corrected chi connectivity index (χ0v) is 17.7. The van der Waals surface area contributed by atoms with Crippen LogP contribution in [-0.2, 0) is 19.5 Å². The SMILES string of the molecule is O=C(Nc1ccc2c(c1)nc1n2CCC1)c1cc2cc(F)ccc2n1Cc1cccc(F)c1. The van der Waals surface area contributed by atoms with Gasteiger partial charge in [0.25, 0.3) is 5.91 Å². The highest BCUT2D eigenvalue weighted by atomic mass is 19.1. The molecule has 0 bridgehead atoms. The molecule has 6 rings (SSSR count). The average molecular weight is 442 g/mol. The minimum Gasteiger partial charge on any atom is -0.332 e. The molecule has 5 aromatic rings. The van der Waals surface area contributed by atoms with E-state index >= 15 is 0 Å². The lowest BCUT2D eigenvalue weighted by atomic mass is 10.2. The first-order chi connectivity index (χ1) is 16.0. The summed E-state index contributed by atoms with van der Waals surface area (Å²) in [5.74, 6) is 0.0248. The molecule has 33 heavy (non-hydrogen) atoms. The minimum absolute atomic E-state index is 0.280. The molecule has 1 amide bonds. The summed E-state index contributed by atoms with van der Waals surface area (Å²) in [7, 11) is 0. The molecule has 2 aromatic heterocycles. The molecule has 0 unspecified atom stereocenters. The molecule has 0 radical (unpaired) electrons. The van der Waals surface area contributed by atoms with Gasteiger partial charge in [-0.1, -0.05) is 12.1 Å². The number of fused-ring (bicyclic) bond motifs is 4. The monoisotopic (exact) mass is 442 g/mol. The molecule has 1 aliphatic rings. The van der Waals surface area contributed by atoms with Crippen molar-refractivity contribution in [3.05, 3.63) is 95.4 Å². The molecule has 0 aliphatic carbocycles. The van der Waals surface area contributed by atoms with Crippen LogP contribution in [0.5, 0.6) is 0 Å². The number of nitrogens with zero attached hydrogens (tertiary/aromatic N) is 3. The van der Waals surface area contributed by atoms with Gasteiger partial charge in [0.15, 0.2) is 0 Å². The lowest BCUT2D eigenvalue weighted by molar-refractivity contribution is 0.101. The van der Waals surface area contributed by atoms with Gasteiger partial charge >= 0.3 is 0 Å². The second-order valence-electron chi connectivity index (χ2n) is 8.39. The molecule has 0 fully saturated rings. The second kappa shape index (κ2) is 7.55. The van der Waals surface area contributed by atoms with Crippen molar-refractivity contribution in [1.82, 2.24) is 14.1 Å². The number of amides is 1. The van der Waals surface area contributed by atoms with Crippen LogP contribution >= 0.6 is 0 Å². The third-order valence-electron chi connectivity index (χ3n) is 6.19. The summed E-state index contributed by atoms with van der Waals surface area (Å²) in [5, 5.41) is 3.56. The number of carbonyl (C=O) groups excluding carboxylic acids is 1. The summed E-state index contributed by atoms with van der Waals surface area (Å²) in [6.45, 7) is 1.25. The number of carbonyl (C=O) groups is 1. The standard InChI is InChI=1S/C26H20F2N4O/c27-18-4-1-3-16(11-18)15-32-22-8-6-19(28)12-17(22)13-24(32)26(33)29-20-7-9-23-21(14-20)30-25-5-2-10-31(23)25/h1,3-4,6-9,11-14H,2,5,10,15H2,(H,29,33). The number of hydrogen-bond donors (Lipinski definition) is 1. The Bertz CT molecular complexity index is 1550. The van der Waals surface area contributed by atoms with Crippen molar-refractivity contribution in [1.29, 1.82) is 0 Å². The number of aromatic nitrogens is 3. The van der Waals surface area contributed by atoms with E-state index in [-0.39, 0.29) is 24.1 Å². The van der Waals surface area contributed by atoms with Gasteiger partial charge in [-0.3, -0.25) is 4.79 Å². The molecule has 0 saturated heterocycles. The Morgan fingerprint density at radius 3 is 2.70 bits per heavy atom. The second-order valence-corrected chi connectivity index (χ2v) is 8.39. The van der Waals surface area contributed by atoms with Gasteiger partial charge in [0.1, 0.15) is 23.2 Å². The Kier molecular flexibility index (Phi) is 4.50. The third-order valence-corrected chi connectivity index (χ3v) is 6.19. The van der Waals surface area contributed by atoms with Crippen LogP contribution < -0.4 is 5.32 Å². The van der Waals surface area contributed by atoms with E-state index in [4.69, 9.17) is 0 Å². The molecule has 1 N–H and O–H groups in total. The van der Waals surface area contributed by atoms with Crippen LogP contribution in [0.15, 0.2) is 66.7 Å². The van der Waals surface area contributed by atoms with Crippen LogP contribution in [0.1, 0.15) is 28.3 Å². The van der Waals surface area contributed by atoms with Crippen LogP contribution in [0.2, 0.25) is 0 Å². The van der Waals surface area contributed by atoms with Crippen LogP contribution in [0.4, 0.5) is 14.5 Å². The summed E-state index contributed by atoms with van der Waals surface area (Å²) in [4.78, 5) is 18.0. The molecule has 164 valence electrons. The largest absolute Gasteiger partial charge is 0.332 e. The number of benzene rings is 3. The molecule has 3 heterocycles. The van der Waals surface area contributed by atoms with Crippen molar-refractivity contribution in [2.24, 2.45) is 0 Å². The van der Waals surface area contributed by atoms with E-state index in [2.05, 4.69) is 14.9 Å².